The number of allylic oxidation sites excluding steroid dienone is 3. The van der Waals surface area contributed by atoms with E-state index in [0.717, 1.165) is 38.5 Å². The zero-order chi connectivity index (χ0) is 10.6. The van der Waals surface area contributed by atoms with Crippen molar-refractivity contribution in [3.63, 3.8) is 0 Å². The summed E-state index contributed by atoms with van der Waals surface area (Å²) in [5, 5.41) is 9.51. The number of hydrogen-bond acceptors (Lipinski definition) is 2. The van der Waals surface area contributed by atoms with Gasteiger partial charge < -0.3 is 5.11 Å². The fourth-order valence-electron chi connectivity index (χ4n) is 1.28. The first-order valence-corrected chi connectivity index (χ1v) is 5.29. The predicted octanol–water partition coefficient (Wildman–Crippen LogP) is 2.65. The van der Waals surface area contributed by atoms with Crippen LogP contribution in [-0.4, -0.2) is 17.2 Å². The second-order valence-corrected chi connectivity index (χ2v) is 3.41. The largest absolute Gasteiger partial charge is 0.393 e. The molecule has 80 valence electrons. The third kappa shape index (κ3) is 9.24. The predicted molar refractivity (Wildman–Crippen MR) is 58.8 cm³/mol. The van der Waals surface area contributed by atoms with Crippen LogP contribution in [0, 0.1) is 0 Å². The van der Waals surface area contributed by atoms with Gasteiger partial charge in [-0.2, -0.15) is 0 Å². The Labute approximate surface area is 86.3 Å². The minimum atomic E-state index is -0.189. The fraction of sp³-hybridized carbons (Fsp3) is 0.667. The van der Waals surface area contributed by atoms with Gasteiger partial charge in [0.15, 0.2) is 0 Å². The van der Waals surface area contributed by atoms with Gasteiger partial charge in [0, 0.05) is 0 Å². The van der Waals surface area contributed by atoms with Gasteiger partial charge in [-0.3, -0.25) is 0 Å². The Morgan fingerprint density at radius 2 is 2.07 bits per heavy atom. The molecule has 2 heteroatoms. The minimum absolute atomic E-state index is 0.189. The van der Waals surface area contributed by atoms with Gasteiger partial charge in [0.25, 0.3) is 0 Å². The Kier molecular flexibility index (Phi) is 9.61. The van der Waals surface area contributed by atoms with Crippen LogP contribution in [0.3, 0.4) is 0 Å². The van der Waals surface area contributed by atoms with Crippen molar-refractivity contribution in [2.75, 3.05) is 0 Å². The van der Waals surface area contributed by atoms with E-state index in [-0.39, 0.29) is 6.10 Å². The molecule has 0 saturated carbocycles. The maximum Gasteiger partial charge on any atom is 0.120 e. The summed E-state index contributed by atoms with van der Waals surface area (Å²) in [5.74, 6) is 1.75. The van der Waals surface area contributed by atoms with E-state index in [1.807, 2.05) is 13.0 Å². The van der Waals surface area contributed by atoms with Crippen LogP contribution in [0.2, 0.25) is 0 Å². The third-order valence-corrected chi connectivity index (χ3v) is 2.12. The lowest BCUT2D eigenvalue weighted by Crippen LogP contribution is -2.05. The van der Waals surface area contributed by atoms with E-state index in [1.165, 1.54) is 6.08 Å². The topological polar surface area (TPSA) is 37.3 Å². The van der Waals surface area contributed by atoms with Crippen molar-refractivity contribution >= 4 is 5.94 Å². The molecular formula is C12H20O2. The normalized spacial score (nSPS) is 12.7. The monoisotopic (exact) mass is 196 g/mol. The van der Waals surface area contributed by atoms with Crippen LogP contribution in [0.15, 0.2) is 18.2 Å². The summed E-state index contributed by atoms with van der Waals surface area (Å²) in [6, 6.07) is 0. The van der Waals surface area contributed by atoms with Gasteiger partial charge in [-0.15, -0.1) is 0 Å². The minimum Gasteiger partial charge on any atom is -0.393 e. The molecule has 0 fully saturated rings. The van der Waals surface area contributed by atoms with Crippen LogP contribution in [0.1, 0.15) is 45.4 Å². The van der Waals surface area contributed by atoms with E-state index < -0.39 is 0 Å². The Hall–Kier alpha value is -0.850. The van der Waals surface area contributed by atoms with Gasteiger partial charge >= 0.3 is 0 Å². The lowest BCUT2D eigenvalue weighted by Gasteiger charge is -2.07. The summed E-state index contributed by atoms with van der Waals surface area (Å²) in [6.45, 7) is 1.98. The number of rotatable bonds is 8. The van der Waals surface area contributed by atoms with Gasteiger partial charge in [-0.25, -0.2) is 4.79 Å². The van der Waals surface area contributed by atoms with E-state index in [9.17, 15) is 9.90 Å². The van der Waals surface area contributed by atoms with E-state index in [1.54, 1.807) is 5.94 Å². The molecule has 0 rings (SSSR count). The summed E-state index contributed by atoms with van der Waals surface area (Å²) in [6.07, 6.45) is 10.7. The first-order valence-electron chi connectivity index (χ1n) is 5.29. The molecule has 0 saturated heterocycles. The number of carbonyl (C=O) groups excluding carboxylic acids is 1. The van der Waals surface area contributed by atoms with Crippen molar-refractivity contribution in [3.05, 3.63) is 18.2 Å². The first-order chi connectivity index (χ1) is 6.81. The van der Waals surface area contributed by atoms with E-state index >= 15 is 0 Å². The summed E-state index contributed by atoms with van der Waals surface area (Å²) in [5.41, 5.74) is 0. The average Bonchev–Trinajstić information content (AvgIpc) is 2.18. The first kappa shape index (κ1) is 13.2. The van der Waals surface area contributed by atoms with Crippen molar-refractivity contribution in [2.24, 2.45) is 0 Å². The molecule has 0 bridgehead atoms. The number of unbranched alkanes of at least 4 members (excludes halogenated alkanes) is 2. The van der Waals surface area contributed by atoms with Crippen molar-refractivity contribution in [2.45, 2.75) is 51.6 Å². The van der Waals surface area contributed by atoms with E-state index in [0.29, 0.717) is 0 Å². The highest BCUT2D eigenvalue weighted by Crippen LogP contribution is 2.08. The highest BCUT2D eigenvalue weighted by molar-refractivity contribution is 5.44. The maximum absolute atomic E-state index is 9.84. The zero-order valence-corrected chi connectivity index (χ0v) is 8.91. The second kappa shape index (κ2) is 10.2. The van der Waals surface area contributed by atoms with E-state index in [2.05, 4.69) is 6.08 Å². The van der Waals surface area contributed by atoms with Gasteiger partial charge in [0.05, 0.1) is 6.10 Å². The third-order valence-electron chi connectivity index (χ3n) is 2.12. The molecular weight excluding hydrogens is 176 g/mol. The number of aliphatic hydroxyl groups is 1. The van der Waals surface area contributed by atoms with Crippen LogP contribution >= 0.6 is 0 Å². The molecule has 0 heterocycles. The molecule has 0 aliphatic carbocycles. The van der Waals surface area contributed by atoms with Crippen LogP contribution in [0.4, 0.5) is 0 Å². The molecule has 0 radical (unpaired) electrons. The molecule has 0 spiro atoms. The molecule has 1 atom stereocenters. The highest BCUT2D eigenvalue weighted by atomic mass is 16.3. The summed E-state index contributed by atoms with van der Waals surface area (Å²) in [4.78, 5) is 9.84. The maximum atomic E-state index is 9.84. The zero-order valence-electron chi connectivity index (χ0n) is 8.91. The standard InChI is InChI=1S/C12H20O2/c1-2-3-6-9-12(14)10-7-4-5-8-11-13/h2-3,8,12,14H,4-7,9-10H2,1H3. The molecule has 0 aromatic rings. The van der Waals surface area contributed by atoms with Crippen molar-refractivity contribution in [3.8, 4) is 0 Å². The smallest absolute Gasteiger partial charge is 0.120 e. The molecule has 0 amide bonds. The average molecular weight is 196 g/mol. The van der Waals surface area contributed by atoms with Crippen LogP contribution < -0.4 is 0 Å². The Morgan fingerprint density at radius 1 is 1.29 bits per heavy atom. The summed E-state index contributed by atoms with van der Waals surface area (Å²) in [7, 11) is 0. The summed E-state index contributed by atoms with van der Waals surface area (Å²) >= 11 is 0. The molecule has 1 N–H and O–H groups in total. The van der Waals surface area contributed by atoms with Gasteiger partial charge in [-0.05, 0) is 45.1 Å². The van der Waals surface area contributed by atoms with Crippen molar-refractivity contribution in [1.29, 1.82) is 0 Å². The van der Waals surface area contributed by atoms with Crippen molar-refractivity contribution in [1.82, 2.24) is 0 Å². The SMILES string of the molecule is CC=CCCC(O)CCCCC=C=O. The molecule has 1 unspecified atom stereocenters. The van der Waals surface area contributed by atoms with Gasteiger partial charge in [-0.1, -0.05) is 18.6 Å². The lowest BCUT2D eigenvalue weighted by atomic mass is 10.1. The Balaban J connectivity index is 3.25. The van der Waals surface area contributed by atoms with Crippen LogP contribution in [0.5, 0.6) is 0 Å². The van der Waals surface area contributed by atoms with Crippen LogP contribution in [-0.2, 0) is 4.79 Å². The molecule has 0 aromatic carbocycles. The van der Waals surface area contributed by atoms with Crippen LogP contribution in [0.25, 0.3) is 0 Å². The molecule has 14 heavy (non-hydrogen) atoms. The quantitative estimate of drug-likeness (QED) is 0.368. The summed E-state index contributed by atoms with van der Waals surface area (Å²) < 4.78 is 0. The second-order valence-electron chi connectivity index (χ2n) is 3.41. The molecule has 0 aromatic heterocycles. The van der Waals surface area contributed by atoms with Crippen molar-refractivity contribution < 1.29 is 9.90 Å². The Morgan fingerprint density at radius 3 is 2.71 bits per heavy atom. The molecule has 0 aliphatic heterocycles. The fourth-order valence-corrected chi connectivity index (χ4v) is 1.28. The number of aliphatic hydroxyl groups excluding tert-OH is 1. The van der Waals surface area contributed by atoms with E-state index in [4.69, 9.17) is 0 Å². The van der Waals surface area contributed by atoms with Gasteiger partial charge in [0.1, 0.15) is 5.94 Å². The highest BCUT2D eigenvalue weighted by Gasteiger charge is 2.01. The van der Waals surface area contributed by atoms with Gasteiger partial charge in [0.2, 0.25) is 0 Å². The number of hydrogen-bond donors (Lipinski definition) is 1. The molecule has 0 aliphatic rings. The molecule has 2 nitrogen and oxygen atoms in total. The Bertz CT molecular complexity index is 190. The lowest BCUT2D eigenvalue weighted by molar-refractivity contribution is 0.152.